The molecule has 0 radical (unpaired) electrons. The van der Waals surface area contributed by atoms with E-state index < -0.39 is 5.54 Å². The molecular formula is C19H30Cl3N3O2. The normalized spacial score (nSPS) is 26.5. The van der Waals surface area contributed by atoms with E-state index in [2.05, 4.69) is 4.90 Å². The van der Waals surface area contributed by atoms with E-state index in [4.69, 9.17) is 22.1 Å². The van der Waals surface area contributed by atoms with Crippen molar-refractivity contribution < 1.29 is 9.53 Å². The molecule has 0 bridgehead atoms. The first-order valence-electron chi connectivity index (χ1n) is 9.00. The maximum absolute atomic E-state index is 13.1. The summed E-state index contributed by atoms with van der Waals surface area (Å²) >= 11 is 5.95. The van der Waals surface area contributed by atoms with Gasteiger partial charge in [-0.25, -0.2) is 0 Å². The molecular weight excluding hydrogens is 409 g/mol. The third-order valence-electron chi connectivity index (χ3n) is 5.97. The number of hydrogen-bond acceptors (Lipinski definition) is 4. The van der Waals surface area contributed by atoms with Crippen LogP contribution in [0.25, 0.3) is 0 Å². The highest BCUT2D eigenvalue weighted by molar-refractivity contribution is 6.30. The summed E-state index contributed by atoms with van der Waals surface area (Å²) in [7, 11) is 0. The molecule has 1 amide bonds. The number of halogens is 3. The fraction of sp³-hybridized carbons (Fsp3) is 0.632. The summed E-state index contributed by atoms with van der Waals surface area (Å²) < 4.78 is 5.74. The number of ether oxygens (including phenoxy) is 1. The first-order valence-corrected chi connectivity index (χ1v) is 9.38. The monoisotopic (exact) mass is 437 g/mol. The second-order valence-corrected chi connectivity index (χ2v) is 8.03. The van der Waals surface area contributed by atoms with Crippen LogP contribution in [0.1, 0.15) is 27.2 Å². The first-order chi connectivity index (χ1) is 11.8. The number of carbonyl (C=O) groups excluding carboxylic acids is 1. The minimum Gasteiger partial charge on any atom is -0.378 e. The highest BCUT2D eigenvalue weighted by Gasteiger charge is 2.63. The van der Waals surface area contributed by atoms with Crippen LogP contribution in [0.2, 0.25) is 5.02 Å². The van der Waals surface area contributed by atoms with Crippen molar-refractivity contribution in [2.24, 2.45) is 11.1 Å². The largest absolute Gasteiger partial charge is 0.378 e. The van der Waals surface area contributed by atoms with Crippen LogP contribution in [0.15, 0.2) is 24.3 Å². The number of nitrogens with two attached hydrogens (primary N) is 1. The smallest absolute Gasteiger partial charge is 0.243 e. The van der Waals surface area contributed by atoms with Gasteiger partial charge in [-0.1, -0.05) is 25.4 Å². The highest BCUT2D eigenvalue weighted by atomic mass is 35.5. The molecule has 1 aliphatic heterocycles. The molecule has 2 fully saturated rings. The average molecular weight is 439 g/mol. The quantitative estimate of drug-likeness (QED) is 0.783. The van der Waals surface area contributed by atoms with Gasteiger partial charge in [-0.3, -0.25) is 4.79 Å². The second kappa shape index (κ2) is 9.19. The van der Waals surface area contributed by atoms with E-state index in [1.54, 1.807) is 0 Å². The number of hydrogen-bond donors (Lipinski definition) is 1. The lowest BCUT2D eigenvalue weighted by molar-refractivity contribution is -0.179. The maximum atomic E-state index is 13.1. The number of benzene rings is 1. The fourth-order valence-corrected chi connectivity index (χ4v) is 4.03. The first kappa shape index (κ1) is 24.3. The molecule has 0 aromatic heterocycles. The van der Waals surface area contributed by atoms with E-state index in [0.29, 0.717) is 26.1 Å². The van der Waals surface area contributed by atoms with Gasteiger partial charge in [-0.2, -0.15) is 0 Å². The van der Waals surface area contributed by atoms with Gasteiger partial charge in [0.15, 0.2) is 0 Å². The van der Waals surface area contributed by atoms with Crippen molar-refractivity contribution in [2.45, 2.75) is 38.8 Å². The molecule has 8 heteroatoms. The summed E-state index contributed by atoms with van der Waals surface area (Å²) in [6.45, 7) is 9.70. The summed E-state index contributed by atoms with van der Waals surface area (Å²) in [5.74, 6) is 0.0595. The Hall–Kier alpha value is -0.720. The number of amides is 1. The number of carbonyl (C=O) groups is 1. The van der Waals surface area contributed by atoms with Gasteiger partial charge in [0, 0.05) is 55.3 Å². The summed E-state index contributed by atoms with van der Waals surface area (Å²) in [6, 6.07) is 7.83. The molecule has 2 atom stereocenters. The summed E-state index contributed by atoms with van der Waals surface area (Å²) in [6.07, 6.45) is 0.658. The fourth-order valence-electron chi connectivity index (χ4n) is 3.90. The van der Waals surface area contributed by atoms with E-state index in [9.17, 15) is 4.79 Å². The van der Waals surface area contributed by atoms with Crippen molar-refractivity contribution >= 4 is 48.0 Å². The van der Waals surface area contributed by atoms with Crippen LogP contribution < -0.4 is 10.6 Å². The van der Waals surface area contributed by atoms with Crippen molar-refractivity contribution in [3.8, 4) is 0 Å². The number of piperazine rings is 1. The predicted octanol–water partition coefficient (Wildman–Crippen LogP) is 3.36. The second-order valence-electron chi connectivity index (χ2n) is 7.60. The molecule has 27 heavy (non-hydrogen) atoms. The number of nitrogens with zero attached hydrogens (tertiary/aromatic N) is 2. The van der Waals surface area contributed by atoms with E-state index >= 15 is 0 Å². The van der Waals surface area contributed by atoms with Crippen LogP contribution in [0.4, 0.5) is 5.69 Å². The Morgan fingerprint density at radius 2 is 1.74 bits per heavy atom. The topological polar surface area (TPSA) is 58.8 Å². The Kier molecular flexibility index (Phi) is 8.27. The molecule has 1 saturated carbocycles. The molecule has 1 aromatic rings. The molecule has 2 unspecified atom stereocenters. The zero-order valence-electron chi connectivity index (χ0n) is 16.1. The molecule has 2 aliphatic rings. The third kappa shape index (κ3) is 4.33. The minimum absolute atomic E-state index is 0. The summed E-state index contributed by atoms with van der Waals surface area (Å²) in [4.78, 5) is 17.3. The predicted molar refractivity (Wildman–Crippen MR) is 115 cm³/mol. The Balaban J connectivity index is 0.00000182. The molecule has 2 N–H and O–H groups in total. The van der Waals surface area contributed by atoms with Crippen molar-refractivity contribution in [1.29, 1.82) is 0 Å². The highest BCUT2D eigenvalue weighted by Crippen LogP contribution is 2.50. The van der Waals surface area contributed by atoms with Crippen LogP contribution in [-0.2, 0) is 9.53 Å². The van der Waals surface area contributed by atoms with E-state index in [-0.39, 0.29) is 42.2 Å². The lowest BCUT2D eigenvalue weighted by Crippen LogP contribution is -2.76. The van der Waals surface area contributed by atoms with Gasteiger partial charge in [0.25, 0.3) is 0 Å². The zero-order chi connectivity index (χ0) is 18.2. The standard InChI is InChI=1S/C19H28ClN3O2.2ClH/c1-4-25-16-13-19(21,18(16,2)3)17(24)23-11-9-22(10-12-23)15-7-5-14(20)6-8-15;;/h5-8,16H,4,9-13,21H2,1-3H3;2*1H. The van der Waals surface area contributed by atoms with E-state index in [1.165, 1.54) is 0 Å². The van der Waals surface area contributed by atoms with Crippen molar-refractivity contribution in [3.63, 3.8) is 0 Å². The summed E-state index contributed by atoms with van der Waals surface area (Å²) in [5.41, 5.74) is 6.51. The maximum Gasteiger partial charge on any atom is 0.243 e. The van der Waals surface area contributed by atoms with E-state index in [0.717, 1.165) is 23.8 Å². The van der Waals surface area contributed by atoms with Crippen LogP contribution in [0.3, 0.4) is 0 Å². The lowest BCUT2D eigenvalue weighted by atomic mass is 9.54. The van der Waals surface area contributed by atoms with Crippen LogP contribution in [-0.4, -0.2) is 55.2 Å². The van der Waals surface area contributed by atoms with Crippen molar-refractivity contribution in [3.05, 3.63) is 29.3 Å². The molecule has 5 nitrogen and oxygen atoms in total. The van der Waals surface area contributed by atoms with Gasteiger partial charge < -0.3 is 20.3 Å². The molecule has 3 rings (SSSR count). The minimum atomic E-state index is -0.824. The number of anilines is 1. The molecule has 0 spiro atoms. The molecule has 1 saturated heterocycles. The van der Waals surface area contributed by atoms with Gasteiger partial charge in [0.05, 0.1) is 6.10 Å². The van der Waals surface area contributed by atoms with Crippen LogP contribution in [0, 0.1) is 5.41 Å². The Morgan fingerprint density at radius 3 is 2.22 bits per heavy atom. The number of rotatable bonds is 4. The Bertz CT molecular complexity index is 634. The van der Waals surface area contributed by atoms with Gasteiger partial charge >= 0.3 is 0 Å². The average Bonchev–Trinajstić information content (AvgIpc) is 2.61. The Morgan fingerprint density at radius 1 is 1.19 bits per heavy atom. The Labute approximate surface area is 179 Å². The summed E-state index contributed by atoms with van der Waals surface area (Å²) in [5, 5.41) is 0.735. The molecule has 1 aromatic carbocycles. The molecule has 154 valence electrons. The lowest BCUT2D eigenvalue weighted by Gasteiger charge is -2.59. The third-order valence-corrected chi connectivity index (χ3v) is 6.22. The van der Waals surface area contributed by atoms with Gasteiger partial charge in [-0.05, 0) is 31.2 Å². The molecule has 1 aliphatic carbocycles. The van der Waals surface area contributed by atoms with Crippen molar-refractivity contribution in [1.82, 2.24) is 4.90 Å². The molecule has 1 heterocycles. The van der Waals surface area contributed by atoms with Gasteiger partial charge in [0.2, 0.25) is 5.91 Å². The zero-order valence-corrected chi connectivity index (χ0v) is 18.5. The van der Waals surface area contributed by atoms with Crippen LogP contribution in [0.5, 0.6) is 0 Å². The van der Waals surface area contributed by atoms with E-state index in [1.807, 2.05) is 49.9 Å². The van der Waals surface area contributed by atoms with Crippen LogP contribution >= 0.6 is 36.4 Å². The van der Waals surface area contributed by atoms with Gasteiger partial charge in [-0.15, -0.1) is 24.8 Å². The van der Waals surface area contributed by atoms with Crippen molar-refractivity contribution in [2.75, 3.05) is 37.7 Å². The van der Waals surface area contributed by atoms with Gasteiger partial charge in [0.1, 0.15) is 5.54 Å². The SMILES string of the molecule is CCOC1CC(N)(C(=O)N2CCN(c3ccc(Cl)cc3)CC2)C1(C)C.Cl.Cl.